The monoisotopic (exact) mass is 983 g/mol. The van der Waals surface area contributed by atoms with Crippen molar-refractivity contribution in [2.45, 2.75) is 32.9 Å². The summed E-state index contributed by atoms with van der Waals surface area (Å²) in [5, 5.41) is 19.2. The van der Waals surface area contributed by atoms with Gasteiger partial charge in [0.2, 0.25) is 5.95 Å². The lowest BCUT2D eigenvalue weighted by Gasteiger charge is -2.28. The molecule has 0 saturated heterocycles. The van der Waals surface area contributed by atoms with Gasteiger partial charge in [-0.15, -0.1) is 0 Å². The predicted octanol–water partition coefficient (Wildman–Crippen LogP) is 8.15. The first-order valence-electron chi connectivity index (χ1n) is 23.2. The Morgan fingerprint density at radius 1 is 0.616 bits per heavy atom. The fourth-order valence-electron chi connectivity index (χ4n) is 7.83. The number of rotatable bonds is 16. The van der Waals surface area contributed by atoms with Gasteiger partial charge in [-0.05, 0) is 69.2 Å². The summed E-state index contributed by atoms with van der Waals surface area (Å²) in [7, 11) is 9.89. The molecule has 0 bridgehead atoms. The summed E-state index contributed by atoms with van der Waals surface area (Å²) in [5.74, 6) is 9.14. The van der Waals surface area contributed by atoms with E-state index in [1.54, 1.807) is 71.1 Å². The van der Waals surface area contributed by atoms with Crippen molar-refractivity contribution < 1.29 is 28.8 Å². The van der Waals surface area contributed by atoms with E-state index in [4.69, 9.17) is 39.4 Å². The van der Waals surface area contributed by atoms with E-state index in [0.29, 0.717) is 41.8 Å². The molecule has 0 unspecified atom stereocenters. The molecule has 3 N–H and O–H groups in total. The first-order chi connectivity index (χ1) is 35.3. The van der Waals surface area contributed by atoms with Crippen molar-refractivity contribution in [3.05, 3.63) is 127 Å². The van der Waals surface area contributed by atoms with E-state index in [9.17, 15) is 5.11 Å². The first kappa shape index (κ1) is 50.5. The summed E-state index contributed by atoms with van der Waals surface area (Å²) in [5.41, 5.74) is 16.8. The van der Waals surface area contributed by atoms with Gasteiger partial charge in [-0.1, -0.05) is 5.92 Å². The summed E-state index contributed by atoms with van der Waals surface area (Å²) < 4.78 is 30.8. The summed E-state index contributed by atoms with van der Waals surface area (Å²) in [6, 6.07) is 25.1. The second kappa shape index (κ2) is 22.9. The van der Waals surface area contributed by atoms with Crippen molar-refractivity contribution >= 4 is 50.8 Å². The van der Waals surface area contributed by atoms with Gasteiger partial charge < -0.3 is 44.3 Å². The zero-order valence-electron chi connectivity index (χ0n) is 42.2. The molecule has 0 fully saturated rings. The minimum atomic E-state index is -0.716. The zero-order chi connectivity index (χ0) is 51.6. The van der Waals surface area contributed by atoms with Gasteiger partial charge in [0.05, 0.1) is 112 Å². The zero-order valence-corrected chi connectivity index (χ0v) is 42.2. The molecule has 0 amide bonds. The molecule has 0 saturated carbocycles. The Labute approximate surface area is 423 Å². The molecule has 0 aliphatic heterocycles. The third kappa shape index (κ3) is 12.4. The maximum Gasteiger partial charge on any atom is 0.221 e. The highest BCUT2D eigenvalue weighted by Gasteiger charge is 2.19. The van der Waals surface area contributed by atoms with Crippen molar-refractivity contribution in [3.8, 4) is 57.4 Å². The Bertz CT molecular complexity index is 3360. The largest absolute Gasteiger partial charge is 0.497 e. The van der Waals surface area contributed by atoms with Gasteiger partial charge in [0.25, 0.3) is 0 Å². The van der Waals surface area contributed by atoms with Crippen LogP contribution < -0.4 is 34.5 Å². The first-order valence-corrected chi connectivity index (χ1v) is 23.2. The van der Waals surface area contributed by atoms with E-state index in [1.807, 2.05) is 114 Å². The number of aliphatic hydroxyl groups excluding tert-OH is 1. The van der Waals surface area contributed by atoms with Crippen LogP contribution in [0.15, 0.2) is 116 Å². The Morgan fingerprint density at radius 2 is 1.15 bits per heavy atom. The van der Waals surface area contributed by atoms with Crippen molar-refractivity contribution in [3.63, 3.8) is 0 Å². The fourth-order valence-corrected chi connectivity index (χ4v) is 7.83. The average Bonchev–Trinajstić information content (AvgIpc) is 4.08. The van der Waals surface area contributed by atoms with Gasteiger partial charge in [0, 0.05) is 109 Å². The van der Waals surface area contributed by atoms with Crippen molar-refractivity contribution in [2.75, 3.05) is 70.8 Å². The third-order valence-corrected chi connectivity index (χ3v) is 11.5. The van der Waals surface area contributed by atoms with E-state index < -0.39 is 6.10 Å². The molecular weight excluding hydrogens is 927 g/mol. The van der Waals surface area contributed by atoms with E-state index in [0.717, 1.165) is 73.0 Å². The van der Waals surface area contributed by atoms with Crippen molar-refractivity contribution in [1.82, 2.24) is 49.5 Å². The highest BCUT2D eigenvalue weighted by atomic mass is 16.5. The normalized spacial score (nSPS) is 11.4. The van der Waals surface area contributed by atoms with Gasteiger partial charge in [0.15, 0.2) is 0 Å². The van der Waals surface area contributed by atoms with Crippen molar-refractivity contribution in [2.24, 2.45) is 7.05 Å². The highest BCUT2D eigenvalue weighted by molar-refractivity contribution is 5.84. The van der Waals surface area contributed by atoms with Crippen LogP contribution in [0.4, 0.5) is 28.7 Å². The number of aliphatic hydroxyl groups is 1. The third-order valence-electron chi connectivity index (χ3n) is 11.5. The number of nitrogens with two attached hydrogens (primary N) is 1. The molecule has 0 aliphatic rings. The van der Waals surface area contributed by atoms with E-state index in [-0.39, 0.29) is 18.6 Å². The number of ether oxygens (including phenoxy) is 5. The maximum absolute atomic E-state index is 10.6. The molecule has 374 valence electrons. The molecule has 9 rings (SSSR count). The lowest BCUT2D eigenvalue weighted by Crippen LogP contribution is -2.31. The Hall–Kier alpha value is -8.86. The smallest absolute Gasteiger partial charge is 0.221 e. The Balaban J connectivity index is 0.000000196. The van der Waals surface area contributed by atoms with Crippen LogP contribution in [-0.2, 0) is 11.8 Å². The minimum Gasteiger partial charge on any atom is -0.497 e. The summed E-state index contributed by atoms with van der Waals surface area (Å²) >= 11 is 0. The van der Waals surface area contributed by atoms with Crippen LogP contribution in [0.25, 0.3) is 44.6 Å². The van der Waals surface area contributed by atoms with Crippen LogP contribution in [0, 0.1) is 18.8 Å². The van der Waals surface area contributed by atoms with Crippen LogP contribution in [0.5, 0.6) is 23.0 Å². The Morgan fingerprint density at radius 3 is 1.64 bits per heavy atom. The minimum absolute atomic E-state index is 0.196. The number of benzene rings is 4. The SMILES string of the molecule is COC[C@@H](O)CN(c1cc(OC)cc(OC)c1)c1ccc2ncc(-c3cnn(C(C)C)c3)nc2c1.COc1cc(OC)cc(N(CC#Cc2cc(C)nc(N)n2)c2ccc3ncc(-c4cnn(C)c4)nc3c2)c1. The van der Waals surface area contributed by atoms with E-state index in [1.165, 1.54) is 0 Å². The molecule has 73 heavy (non-hydrogen) atoms. The summed E-state index contributed by atoms with van der Waals surface area (Å²) in [4.78, 5) is 31.3. The lowest BCUT2D eigenvalue weighted by atomic mass is 10.1. The molecule has 0 radical (unpaired) electrons. The molecule has 0 spiro atoms. The van der Waals surface area contributed by atoms with Crippen LogP contribution >= 0.6 is 0 Å². The number of fused-ring (bicyclic) bond motifs is 2. The van der Waals surface area contributed by atoms with Gasteiger partial charge in [-0.25, -0.2) is 19.9 Å². The fraction of sp³-hybridized carbons (Fsp3) is 0.259. The standard InChI is InChI=1S/C28H26N8O2.C26H31N5O4/c1-18-10-20(33-28(29)32-18)6-5-9-36(22-11-23(37-3)14-24(12-22)38-4)21-7-8-25-26(13-21)34-27(16-30-25)19-15-31-35(2)17-19;1-17(2)31-14-18(12-28-31)26-13-27-24-7-6-19(10-25(24)29-26)30(15-21(32)16-33-3)20-8-22(34-4)11-23(9-20)35-5/h7-8,10-17H,9H2,1-4H3,(H2,29,32,33);6-14,17,21,32H,15-16H2,1-5H3/t;21-/m.0/s1. The van der Waals surface area contributed by atoms with Gasteiger partial charge in [-0.3, -0.25) is 19.3 Å². The second-order valence-corrected chi connectivity index (χ2v) is 17.1. The number of hydrogen-bond donors (Lipinski definition) is 2. The maximum atomic E-state index is 10.6. The molecule has 1 atom stereocenters. The van der Waals surface area contributed by atoms with Crippen LogP contribution in [0.1, 0.15) is 31.3 Å². The van der Waals surface area contributed by atoms with Gasteiger partial charge in [0.1, 0.15) is 28.7 Å². The number of nitrogen functional groups attached to an aromatic ring is 1. The van der Waals surface area contributed by atoms with Gasteiger partial charge in [-0.2, -0.15) is 10.2 Å². The predicted molar refractivity (Wildman–Crippen MR) is 282 cm³/mol. The molecule has 5 heterocycles. The molecule has 19 heteroatoms. The molecule has 19 nitrogen and oxygen atoms in total. The Kier molecular flexibility index (Phi) is 15.9. The van der Waals surface area contributed by atoms with Crippen LogP contribution in [0.2, 0.25) is 0 Å². The summed E-state index contributed by atoms with van der Waals surface area (Å²) in [6.07, 6.45) is 10.3. The molecular formula is C54H57N13O6. The number of nitrogens with zero attached hydrogens (tertiary/aromatic N) is 12. The highest BCUT2D eigenvalue weighted by Crippen LogP contribution is 2.36. The number of aryl methyl sites for hydroxylation is 2. The number of methoxy groups -OCH3 is 5. The molecule has 9 aromatic rings. The van der Waals surface area contributed by atoms with Crippen LogP contribution in [-0.4, -0.2) is 116 Å². The average molecular weight is 984 g/mol. The molecule has 5 aromatic heterocycles. The topological polar surface area (TPSA) is 212 Å². The molecule has 0 aliphatic carbocycles. The quantitative estimate of drug-likeness (QED) is 0.0874. The van der Waals surface area contributed by atoms with Gasteiger partial charge >= 0.3 is 0 Å². The van der Waals surface area contributed by atoms with Crippen LogP contribution in [0.3, 0.4) is 0 Å². The van der Waals surface area contributed by atoms with E-state index >= 15 is 0 Å². The number of anilines is 5. The lowest BCUT2D eigenvalue weighted by molar-refractivity contribution is 0.0701. The number of aromatic nitrogens is 10. The number of hydrogen-bond acceptors (Lipinski definition) is 17. The van der Waals surface area contributed by atoms with Crippen molar-refractivity contribution in [1.29, 1.82) is 0 Å². The second-order valence-electron chi connectivity index (χ2n) is 17.1. The molecule has 4 aromatic carbocycles. The summed E-state index contributed by atoms with van der Waals surface area (Å²) in [6.45, 7) is 6.86. The van der Waals surface area contributed by atoms with E-state index in [2.05, 4.69) is 55.8 Å².